The van der Waals surface area contributed by atoms with Gasteiger partial charge in [0.05, 0.1) is 0 Å². The summed E-state index contributed by atoms with van der Waals surface area (Å²) in [5.74, 6) is -0.657. The van der Waals surface area contributed by atoms with E-state index in [-0.39, 0.29) is 5.92 Å². The number of hydrogen-bond donors (Lipinski definition) is 1. The molecule has 0 saturated heterocycles. The third-order valence-corrected chi connectivity index (χ3v) is 5.89. The fourth-order valence-corrected chi connectivity index (χ4v) is 4.09. The Balaban J connectivity index is 2.37. The van der Waals surface area contributed by atoms with Crippen molar-refractivity contribution in [3.8, 4) is 5.75 Å². The Morgan fingerprint density at radius 1 is 1.03 bits per heavy atom. The predicted molar refractivity (Wildman–Crippen MR) is 119 cm³/mol. The van der Waals surface area contributed by atoms with E-state index in [1.807, 2.05) is 36.4 Å². The lowest BCUT2D eigenvalue weighted by molar-refractivity contribution is -0.133. The number of rotatable bonds is 13. The van der Waals surface area contributed by atoms with Crippen LogP contribution in [0, 0.1) is 5.92 Å². The molecule has 1 radical (unpaired) electrons. The van der Waals surface area contributed by atoms with Gasteiger partial charge in [-0.05, 0) is 62.3 Å². The molecule has 0 aromatic heterocycles. The molecular formula is C23H31N2O4S. The van der Waals surface area contributed by atoms with Crippen LogP contribution in [0.4, 0.5) is 0 Å². The molecule has 0 aliphatic heterocycles. The van der Waals surface area contributed by atoms with Crippen molar-refractivity contribution < 1.29 is 17.9 Å². The molecule has 2 rings (SSSR count). The number of nitrogens with one attached hydrogen (secondary N) is 1. The highest BCUT2D eigenvalue weighted by atomic mass is 32.2. The van der Waals surface area contributed by atoms with Crippen LogP contribution in [0.3, 0.4) is 0 Å². The van der Waals surface area contributed by atoms with E-state index in [9.17, 15) is 13.2 Å². The number of ether oxygens (including phenoxy) is 1. The van der Waals surface area contributed by atoms with Crippen LogP contribution in [-0.2, 0) is 21.2 Å². The topological polar surface area (TPSA) is 110 Å². The third-order valence-electron chi connectivity index (χ3n) is 5.25. The van der Waals surface area contributed by atoms with Gasteiger partial charge in [0.15, 0.2) is 11.4 Å². The number of nitrogens with two attached hydrogens (primary N) is 1. The highest BCUT2D eigenvalue weighted by Crippen LogP contribution is 2.31. The van der Waals surface area contributed by atoms with Gasteiger partial charge < -0.3 is 10.5 Å². The van der Waals surface area contributed by atoms with E-state index in [4.69, 9.17) is 15.6 Å². The zero-order valence-corrected chi connectivity index (χ0v) is 18.2. The number of carbonyl (C=O) groups is 1. The molecule has 30 heavy (non-hydrogen) atoms. The maximum atomic E-state index is 13.2. The number of ketones is 1. The normalized spacial score (nSPS) is 14.6. The lowest BCUT2D eigenvalue weighted by atomic mass is 9.83. The van der Waals surface area contributed by atoms with Crippen molar-refractivity contribution in [2.75, 3.05) is 12.3 Å². The first-order valence-corrected chi connectivity index (χ1v) is 11.9. The van der Waals surface area contributed by atoms with E-state index in [2.05, 4.69) is 6.92 Å². The van der Waals surface area contributed by atoms with Crippen molar-refractivity contribution in [1.29, 1.82) is 0 Å². The first-order valence-electron chi connectivity index (χ1n) is 10.2. The van der Waals surface area contributed by atoms with Crippen LogP contribution in [0.1, 0.15) is 38.2 Å². The fraction of sp³-hybridized carbons (Fsp3) is 0.435. The molecule has 2 aromatic carbocycles. The highest BCUT2D eigenvalue weighted by Gasteiger charge is 2.41. The average Bonchev–Trinajstić information content (AvgIpc) is 2.70. The van der Waals surface area contributed by atoms with Crippen molar-refractivity contribution in [2.45, 2.75) is 44.6 Å². The van der Waals surface area contributed by atoms with Gasteiger partial charge in [-0.2, -0.15) is 0 Å². The van der Waals surface area contributed by atoms with Crippen molar-refractivity contribution >= 4 is 15.8 Å². The number of benzene rings is 2. The SMILES string of the molecule is CC(CCN)CCC(CCc1ccccc1)(Oc1ccccc1)C(=O)CS([NH])(=O)=O. The summed E-state index contributed by atoms with van der Waals surface area (Å²) < 4.78 is 29.5. The number of para-hydroxylation sites is 1. The highest BCUT2D eigenvalue weighted by molar-refractivity contribution is 7.89. The van der Waals surface area contributed by atoms with E-state index in [1.165, 1.54) is 0 Å². The second kappa shape index (κ2) is 11.2. The van der Waals surface area contributed by atoms with Crippen LogP contribution < -0.4 is 15.6 Å². The van der Waals surface area contributed by atoms with Gasteiger partial charge in [0.1, 0.15) is 11.5 Å². The Hall–Kier alpha value is -2.22. The van der Waals surface area contributed by atoms with Crippen LogP contribution in [0.15, 0.2) is 60.7 Å². The van der Waals surface area contributed by atoms with Crippen molar-refractivity contribution in [3.05, 3.63) is 66.2 Å². The summed E-state index contributed by atoms with van der Waals surface area (Å²) in [5.41, 5.74) is 5.38. The second-order valence-corrected chi connectivity index (χ2v) is 9.32. The number of sulfonamides is 1. The molecule has 0 fully saturated rings. The van der Waals surface area contributed by atoms with Gasteiger partial charge >= 0.3 is 0 Å². The summed E-state index contributed by atoms with van der Waals surface area (Å²) >= 11 is 0. The Kier molecular flexibility index (Phi) is 9.02. The van der Waals surface area contributed by atoms with Crippen LogP contribution in [0.2, 0.25) is 0 Å². The molecule has 2 unspecified atom stereocenters. The summed E-state index contributed by atoms with van der Waals surface area (Å²) in [5, 5.41) is 7.28. The molecular weight excluding hydrogens is 400 g/mol. The lowest BCUT2D eigenvalue weighted by Gasteiger charge is -2.34. The average molecular weight is 432 g/mol. The molecule has 0 spiro atoms. The zero-order chi connectivity index (χ0) is 22.0. The minimum absolute atomic E-state index is 0.269. The Morgan fingerprint density at radius 3 is 2.20 bits per heavy atom. The van der Waals surface area contributed by atoms with E-state index in [1.54, 1.807) is 24.3 Å². The molecule has 0 saturated carbocycles. The molecule has 7 heteroatoms. The van der Waals surface area contributed by atoms with E-state index in [0.717, 1.165) is 12.0 Å². The van der Waals surface area contributed by atoms with Crippen molar-refractivity contribution in [3.63, 3.8) is 0 Å². The van der Waals surface area contributed by atoms with Gasteiger partial charge in [0, 0.05) is 0 Å². The van der Waals surface area contributed by atoms with E-state index >= 15 is 0 Å². The molecule has 163 valence electrons. The summed E-state index contributed by atoms with van der Waals surface area (Å²) in [6, 6.07) is 18.7. The summed E-state index contributed by atoms with van der Waals surface area (Å²) in [4.78, 5) is 13.2. The standard InChI is InChI=1S/C23H31N2O4S/c1-19(14-17-24)12-15-23(22(26)18-30(25,27)28,29-21-10-6-3-7-11-21)16-13-20-8-4-2-5-9-20/h2-11,19,25H,12-18,24H2,1H3. The molecule has 3 N–H and O–H groups in total. The van der Waals surface area contributed by atoms with Gasteiger partial charge in [-0.1, -0.05) is 55.5 Å². The number of hydrogen-bond acceptors (Lipinski definition) is 5. The summed E-state index contributed by atoms with van der Waals surface area (Å²) in [6.45, 7) is 2.61. The van der Waals surface area contributed by atoms with Gasteiger partial charge in [-0.15, -0.1) is 5.14 Å². The molecule has 0 aliphatic rings. The van der Waals surface area contributed by atoms with Crippen LogP contribution in [0.25, 0.3) is 0 Å². The Labute approximate surface area is 179 Å². The smallest absolute Gasteiger partial charge is 0.232 e. The Bertz CT molecular complexity index is 888. The molecule has 2 atom stereocenters. The Morgan fingerprint density at radius 2 is 1.63 bits per heavy atom. The maximum Gasteiger partial charge on any atom is 0.232 e. The fourth-order valence-electron chi connectivity index (χ4n) is 3.48. The van der Waals surface area contributed by atoms with Crippen LogP contribution in [-0.4, -0.2) is 32.1 Å². The summed E-state index contributed by atoms with van der Waals surface area (Å²) in [6.07, 6.45) is 2.73. The van der Waals surface area contributed by atoms with Gasteiger partial charge in [-0.25, -0.2) is 8.42 Å². The number of carbonyl (C=O) groups excluding carboxylic acids is 1. The quantitative estimate of drug-likeness (QED) is 0.523. The molecule has 6 nitrogen and oxygen atoms in total. The second-order valence-electron chi connectivity index (χ2n) is 7.80. The predicted octanol–water partition coefficient (Wildman–Crippen LogP) is 3.38. The van der Waals surface area contributed by atoms with Gasteiger partial charge in [-0.3, -0.25) is 4.79 Å². The van der Waals surface area contributed by atoms with E-state index < -0.39 is 27.2 Å². The molecule has 0 amide bonds. The van der Waals surface area contributed by atoms with E-state index in [0.29, 0.717) is 38.0 Å². The zero-order valence-electron chi connectivity index (χ0n) is 17.4. The van der Waals surface area contributed by atoms with Crippen molar-refractivity contribution in [1.82, 2.24) is 5.14 Å². The molecule has 0 aliphatic carbocycles. The monoisotopic (exact) mass is 431 g/mol. The molecule has 0 heterocycles. The summed E-state index contributed by atoms with van der Waals surface area (Å²) in [7, 11) is -4.23. The minimum Gasteiger partial charge on any atom is -0.479 e. The first-order chi connectivity index (χ1) is 14.2. The van der Waals surface area contributed by atoms with Crippen molar-refractivity contribution in [2.24, 2.45) is 11.7 Å². The minimum atomic E-state index is -4.23. The lowest BCUT2D eigenvalue weighted by Crippen LogP contribution is -2.48. The molecule has 0 bridgehead atoms. The first kappa shape index (κ1) is 24.1. The third kappa shape index (κ3) is 7.89. The largest absolute Gasteiger partial charge is 0.479 e. The van der Waals surface area contributed by atoms with Gasteiger partial charge in [0.25, 0.3) is 0 Å². The number of Topliss-reactive ketones (excluding diaryl/α,β-unsaturated/α-hetero) is 1. The number of aryl methyl sites for hydroxylation is 1. The van der Waals surface area contributed by atoms with Crippen LogP contribution in [0.5, 0.6) is 5.75 Å². The van der Waals surface area contributed by atoms with Gasteiger partial charge in [0.2, 0.25) is 10.0 Å². The molecule has 2 aromatic rings. The maximum absolute atomic E-state index is 13.2. The van der Waals surface area contributed by atoms with Crippen LogP contribution >= 0.6 is 0 Å².